The van der Waals surface area contributed by atoms with E-state index in [1.807, 2.05) is 30.3 Å². The van der Waals surface area contributed by atoms with Gasteiger partial charge in [0, 0.05) is 28.5 Å². The minimum Gasteiger partial charge on any atom is -0.497 e. The topological polar surface area (TPSA) is 72.2 Å². The van der Waals surface area contributed by atoms with Crippen molar-refractivity contribution < 1.29 is 4.74 Å². The van der Waals surface area contributed by atoms with Gasteiger partial charge in [0.25, 0.3) is 0 Å². The Kier molecular flexibility index (Phi) is 4.01. The van der Waals surface area contributed by atoms with E-state index < -0.39 is 0 Å². The Hall–Kier alpha value is -1.79. The summed E-state index contributed by atoms with van der Waals surface area (Å²) in [5, 5.41) is 3.26. The molecule has 0 fully saturated rings. The van der Waals surface area contributed by atoms with Gasteiger partial charge in [-0.3, -0.25) is 0 Å². The molecule has 1 aromatic carbocycles. The Morgan fingerprint density at radius 1 is 1.28 bits per heavy atom. The number of ether oxygens (including phenoxy) is 1. The zero-order valence-electron chi connectivity index (χ0n) is 9.77. The van der Waals surface area contributed by atoms with Gasteiger partial charge in [-0.1, -0.05) is 0 Å². The highest BCUT2D eigenvalue weighted by Gasteiger charge is 2.03. The lowest BCUT2D eigenvalue weighted by molar-refractivity contribution is 0.415. The predicted molar refractivity (Wildman–Crippen MR) is 76.0 cm³/mol. The Morgan fingerprint density at radius 3 is 2.83 bits per heavy atom. The third kappa shape index (κ3) is 2.91. The number of methoxy groups -OCH3 is 1. The zero-order chi connectivity index (χ0) is 13.0. The van der Waals surface area contributed by atoms with E-state index in [9.17, 15) is 0 Å². The van der Waals surface area contributed by atoms with Gasteiger partial charge in [-0.15, -0.1) is 0 Å². The Labute approximate surface area is 113 Å². The number of nitrogens with two attached hydrogens (primary N) is 1. The molecule has 0 aliphatic carbocycles. The molecule has 0 amide bonds. The number of pyridine rings is 1. The van der Waals surface area contributed by atoms with Crippen molar-refractivity contribution in [2.45, 2.75) is 0 Å². The largest absolute Gasteiger partial charge is 0.497 e. The molecular weight excluding hydrogens is 296 g/mol. The number of nitrogens with one attached hydrogen (secondary N) is 2. The van der Waals surface area contributed by atoms with Crippen molar-refractivity contribution in [2.24, 2.45) is 5.84 Å². The summed E-state index contributed by atoms with van der Waals surface area (Å²) in [6.45, 7) is 0. The molecule has 18 heavy (non-hydrogen) atoms. The molecule has 0 atom stereocenters. The summed E-state index contributed by atoms with van der Waals surface area (Å²) in [6.07, 6.45) is 1.67. The first-order valence-corrected chi connectivity index (χ1v) is 6.05. The lowest BCUT2D eigenvalue weighted by atomic mass is 10.3. The molecule has 0 unspecified atom stereocenters. The van der Waals surface area contributed by atoms with Gasteiger partial charge in [-0.25, -0.2) is 10.8 Å². The van der Waals surface area contributed by atoms with Crippen LogP contribution in [-0.2, 0) is 0 Å². The molecule has 0 aliphatic rings. The van der Waals surface area contributed by atoms with Crippen LogP contribution in [0, 0.1) is 0 Å². The van der Waals surface area contributed by atoms with Crippen molar-refractivity contribution in [2.75, 3.05) is 17.9 Å². The number of nitrogens with zero attached hydrogens (tertiary/aromatic N) is 1. The van der Waals surface area contributed by atoms with Crippen molar-refractivity contribution in [3.05, 3.63) is 41.0 Å². The Bertz CT molecular complexity index is 547. The third-order valence-electron chi connectivity index (χ3n) is 2.36. The number of anilines is 3. The van der Waals surface area contributed by atoms with E-state index >= 15 is 0 Å². The minimum absolute atomic E-state index is 0.596. The van der Waals surface area contributed by atoms with Gasteiger partial charge in [-0.05, 0) is 34.1 Å². The summed E-state index contributed by atoms with van der Waals surface area (Å²) < 4.78 is 6.13. The summed E-state index contributed by atoms with van der Waals surface area (Å²) in [5.74, 6) is 6.70. The Morgan fingerprint density at radius 2 is 2.11 bits per heavy atom. The summed E-state index contributed by atoms with van der Waals surface area (Å²) in [7, 11) is 1.63. The molecule has 2 aromatic rings. The van der Waals surface area contributed by atoms with Gasteiger partial charge in [0.15, 0.2) is 0 Å². The highest BCUT2D eigenvalue weighted by atomic mass is 79.9. The average Bonchev–Trinajstić information content (AvgIpc) is 2.41. The smallest absolute Gasteiger partial charge is 0.141 e. The highest BCUT2D eigenvalue weighted by Crippen LogP contribution is 2.30. The molecule has 0 saturated heterocycles. The van der Waals surface area contributed by atoms with E-state index in [4.69, 9.17) is 10.6 Å². The first-order valence-electron chi connectivity index (χ1n) is 5.26. The standard InChI is InChI=1S/C12H13BrN4O/c1-18-9-2-3-10(13)11(7-9)16-8-4-5-15-12(6-8)17-14/h2-7H,14H2,1H3,(H2,15,16,17). The van der Waals surface area contributed by atoms with Crippen molar-refractivity contribution in [1.29, 1.82) is 0 Å². The van der Waals surface area contributed by atoms with Crippen LogP contribution >= 0.6 is 15.9 Å². The molecule has 2 rings (SSSR count). The molecule has 0 radical (unpaired) electrons. The number of aromatic nitrogens is 1. The number of nitrogen functional groups attached to an aromatic ring is 1. The predicted octanol–water partition coefficient (Wildman–Crippen LogP) is 2.88. The van der Waals surface area contributed by atoms with Crippen LogP contribution in [0.15, 0.2) is 41.0 Å². The monoisotopic (exact) mass is 308 g/mol. The lowest BCUT2D eigenvalue weighted by Crippen LogP contribution is -2.08. The van der Waals surface area contributed by atoms with Gasteiger partial charge in [0.05, 0.1) is 12.8 Å². The van der Waals surface area contributed by atoms with Crippen LogP contribution in [0.1, 0.15) is 0 Å². The van der Waals surface area contributed by atoms with Crippen molar-refractivity contribution in [3.8, 4) is 5.75 Å². The first kappa shape index (κ1) is 12.7. The fourth-order valence-electron chi connectivity index (χ4n) is 1.47. The van der Waals surface area contributed by atoms with Crippen LogP contribution in [-0.4, -0.2) is 12.1 Å². The van der Waals surface area contributed by atoms with Crippen LogP contribution in [0.25, 0.3) is 0 Å². The SMILES string of the molecule is COc1ccc(Br)c(Nc2ccnc(NN)c2)c1. The second-order valence-corrected chi connectivity index (χ2v) is 4.40. The lowest BCUT2D eigenvalue weighted by Gasteiger charge is -2.11. The molecule has 0 spiro atoms. The third-order valence-corrected chi connectivity index (χ3v) is 3.05. The van der Waals surface area contributed by atoms with Crippen LogP contribution in [0.5, 0.6) is 5.75 Å². The zero-order valence-corrected chi connectivity index (χ0v) is 11.4. The van der Waals surface area contributed by atoms with E-state index in [-0.39, 0.29) is 0 Å². The quantitative estimate of drug-likeness (QED) is 0.598. The fraction of sp³-hybridized carbons (Fsp3) is 0.0833. The molecule has 0 aliphatic heterocycles. The van der Waals surface area contributed by atoms with Gasteiger partial charge < -0.3 is 15.5 Å². The second-order valence-electron chi connectivity index (χ2n) is 3.54. The maximum absolute atomic E-state index is 5.32. The molecule has 1 aromatic heterocycles. The van der Waals surface area contributed by atoms with E-state index in [2.05, 4.69) is 31.7 Å². The van der Waals surface area contributed by atoms with Gasteiger partial charge in [0.2, 0.25) is 0 Å². The summed E-state index contributed by atoms with van der Waals surface area (Å²) in [5.41, 5.74) is 4.29. The molecule has 6 heteroatoms. The molecule has 4 N–H and O–H groups in total. The summed E-state index contributed by atoms with van der Waals surface area (Å²) in [6, 6.07) is 9.37. The van der Waals surface area contributed by atoms with Gasteiger partial charge in [-0.2, -0.15) is 0 Å². The molecule has 94 valence electrons. The minimum atomic E-state index is 0.596. The number of hydrazine groups is 1. The van der Waals surface area contributed by atoms with Crippen molar-refractivity contribution in [3.63, 3.8) is 0 Å². The summed E-state index contributed by atoms with van der Waals surface area (Å²) in [4.78, 5) is 4.04. The van der Waals surface area contributed by atoms with Crippen molar-refractivity contribution >= 4 is 33.1 Å². The van der Waals surface area contributed by atoms with E-state index in [0.29, 0.717) is 5.82 Å². The molecular formula is C12H13BrN4O. The fourth-order valence-corrected chi connectivity index (χ4v) is 1.82. The van der Waals surface area contributed by atoms with Gasteiger partial charge in [0.1, 0.15) is 11.6 Å². The van der Waals surface area contributed by atoms with Gasteiger partial charge >= 0.3 is 0 Å². The molecule has 5 nitrogen and oxygen atoms in total. The van der Waals surface area contributed by atoms with E-state index in [1.165, 1.54) is 0 Å². The Balaban J connectivity index is 2.27. The first-order chi connectivity index (χ1) is 8.72. The number of hydrogen-bond acceptors (Lipinski definition) is 5. The molecule has 1 heterocycles. The number of rotatable bonds is 4. The van der Waals surface area contributed by atoms with Crippen LogP contribution in [0.4, 0.5) is 17.2 Å². The normalized spacial score (nSPS) is 9.94. The van der Waals surface area contributed by atoms with Crippen LogP contribution in [0.2, 0.25) is 0 Å². The van der Waals surface area contributed by atoms with E-state index in [1.54, 1.807) is 13.3 Å². The number of benzene rings is 1. The second kappa shape index (κ2) is 5.70. The molecule has 0 bridgehead atoms. The van der Waals surface area contributed by atoms with Crippen molar-refractivity contribution in [1.82, 2.24) is 4.98 Å². The molecule has 0 saturated carbocycles. The maximum Gasteiger partial charge on any atom is 0.141 e. The maximum atomic E-state index is 5.32. The van der Waals surface area contributed by atoms with Crippen LogP contribution < -0.4 is 21.3 Å². The number of halogens is 1. The average molecular weight is 309 g/mol. The number of hydrogen-bond donors (Lipinski definition) is 3. The highest BCUT2D eigenvalue weighted by molar-refractivity contribution is 9.10. The summed E-state index contributed by atoms with van der Waals surface area (Å²) >= 11 is 3.48. The van der Waals surface area contributed by atoms with E-state index in [0.717, 1.165) is 21.6 Å². The van der Waals surface area contributed by atoms with Crippen LogP contribution in [0.3, 0.4) is 0 Å².